The van der Waals surface area contributed by atoms with Gasteiger partial charge in [0.1, 0.15) is 5.60 Å². The Bertz CT molecular complexity index is 535. The number of amides is 1. The third-order valence-corrected chi connectivity index (χ3v) is 5.29. The minimum atomic E-state index is -3.48. The van der Waals surface area contributed by atoms with Crippen LogP contribution in [0.2, 0.25) is 0 Å². The van der Waals surface area contributed by atoms with Gasteiger partial charge in [0.05, 0.1) is 12.9 Å². The van der Waals surface area contributed by atoms with Gasteiger partial charge in [-0.05, 0) is 46.5 Å². The molecule has 7 heteroatoms. The summed E-state index contributed by atoms with van der Waals surface area (Å²) >= 11 is 0. The molecule has 2 unspecified atom stereocenters. The Hall–Kier alpha value is -0.820. The molecule has 1 aliphatic heterocycles. The van der Waals surface area contributed by atoms with Gasteiger partial charge in [0.2, 0.25) is 0 Å². The van der Waals surface area contributed by atoms with E-state index in [4.69, 9.17) is 8.92 Å². The summed E-state index contributed by atoms with van der Waals surface area (Å²) in [6.07, 6.45) is 6.40. The van der Waals surface area contributed by atoms with Crippen LogP contribution in [-0.2, 0) is 19.0 Å². The first-order valence-corrected chi connectivity index (χ1v) is 10.2. The molecule has 134 valence electrons. The maximum absolute atomic E-state index is 12.6. The average molecular weight is 347 g/mol. The third-order valence-electron chi connectivity index (χ3n) is 4.75. The molecule has 1 saturated heterocycles. The molecule has 1 heterocycles. The molecule has 2 fully saturated rings. The monoisotopic (exact) mass is 347 g/mol. The summed E-state index contributed by atoms with van der Waals surface area (Å²) in [5.74, 6) is 0. The first kappa shape index (κ1) is 18.5. The van der Waals surface area contributed by atoms with Gasteiger partial charge >= 0.3 is 6.09 Å². The number of carbonyl (C=O) groups excluding carboxylic acids is 1. The topological polar surface area (TPSA) is 72.9 Å². The summed E-state index contributed by atoms with van der Waals surface area (Å²) < 4.78 is 33.5. The molecule has 0 spiro atoms. The van der Waals surface area contributed by atoms with Gasteiger partial charge in [0, 0.05) is 18.0 Å². The van der Waals surface area contributed by atoms with Crippen LogP contribution in [0.25, 0.3) is 0 Å². The molecule has 23 heavy (non-hydrogen) atoms. The standard InChI is InChI=1S/C16H29NO5S/c1-15(2,3)22-14(18)17-11-7-10-16(12-21-23(4,19)20)9-6-5-8-13(16)17/h13H,5-12H2,1-4H3. The molecule has 1 saturated carbocycles. The number of carbonyl (C=O) groups is 1. The minimum absolute atomic E-state index is 0.00148. The normalized spacial score (nSPS) is 29.0. The zero-order valence-electron chi connectivity index (χ0n) is 14.6. The second-order valence-corrected chi connectivity index (χ2v) is 9.51. The predicted molar refractivity (Wildman–Crippen MR) is 87.7 cm³/mol. The average Bonchev–Trinajstić information content (AvgIpc) is 2.42. The first-order chi connectivity index (χ1) is 10.5. The van der Waals surface area contributed by atoms with Crippen molar-refractivity contribution in [2.75, 3.05) is 19.4 Å². The summed E-state index contributed by atoms with van der Waals surface area (Å²) in [6.45, 7) is 6.40. The van der Waals surface area contributed by atoms with Gasteiger partial charge in [-0.1, -0.05) is 12.8 Å². The highest BCUT2D eigenvalue weighted by atomic mass is 32.2. The van der Waals surface area contributed by atoms with Crippen LogP contribution in [0.4, 0.5) is 4.79 Å². The van der Waals surface area contributed by atoms with Crippen LogP contribution in [0.1, 0.15) is 59.3 Å². The van der Waals surface area contributed by atoms with Gasteiger partial charge in [-0.2, -0.15) is 8.42 Å². The number of ether oxygens (including phenoxy) is 1. The van der Waals surface area contributed by atoms with Gasteiger partial charge < -0.3 is 9.64 Å². The van der Waals surface area contributed by atoms with Crippen LogP contribution >= 0.6 is 0 Å². The molecule has 0 aromatic rings. The second kappa shape index (κ2) is 6.59. The van der Waals surface area contributed by atoms with Crippen molar-refractivity contribution < 1.29 is 22.1 Å². The number of hydrogen-bond acceptors (Lipinski definition) is 5. The summed E-state index contributed by atoms with van der Waals surface area (Å²) in [4.78, 5) is 14.4. The lowest BCUT2D eigenvalue weighted by molar-refractivity contribution is -0.0564. The Kier molecular flexibility index (Phi) is 5.31. The highest BCUT2D eigenvalue weighted by Crippen LogP contribution is 2.46. The van der Waals surface area contributed by atoms with Crippen molar-refractivity contribution in [3.63, 3.8) is 0 Å². The number of likely N-dealkylation sites (tertiary alicyclic amines) is 1. The van der Waals surface area contributed by atoms with E-state index in [1.807, 2.05) is 20.8 Å². The van der Waals surface area contributed by atoms with Crippen LogP contribution < -0.4 is 0 Å². The van der Waals surface area contributed by atoms with Crippen LogP contribution in [0.15, 0.2) is 0 Å². The SMILES string of the molecule is CC(C)(C)OC(=O)N1CCCC2(COS(C)(=O)=O)CCCCC12. The Morgan fingerprint density at radius 3 is 2.48 bits per heavy atom. The van der Waals surface area contributed by atoms with Crippen molar-refractivity contribution >= 4 is 16.2 Å². The number of hydrogen-bond donors (Lipinski definition) is 0. The molecule has 0 aromatic heterocycles. The van der Waals surface area contributed by atoms with E-state index in [0.29, 0.717) is 6.54 Å². The summed E-state index contributed by atoms with van der Waals surface area (Å²) in [7, 11) is -3.48. The largest absolute Gasteiger partial charge is 0.444 e. The summed E-state index contributed by atoms with van der Waals surface area (Å²) in [5, 5.41) is 0. The Morgan fingerprint density at radius 1 is 1.22 bits per heavy atom. The van der Waals surface area contributed by atoms with Crippen molar-refractivity contribution in [3.05, 3.63) is 0 Å². The Morgan fingerprint density at radius 2 is 1.87 bits per heavy atom. The zero-order chi connectivity index (χ0) is 17.3. The second-order valence-electron chi connectivity index (χ2n) is 7.87. The molecule has 6 nitrogen and oxygen atoms in total. The molecular formula is C16H29NO5S. The summed E-state index contributed by atoms with van der Waals surface area (Å²) in [6, 6.07) is 0.00148. The number of fused-ring (bicyclic) bond motifs is 1. The molecular weight excluding hydrogens is 318 g/mol. The molecule has 1 aliphatic carbocycles. The van der Waals surface area contributed by atoms with Crippen molar-refractivity contribution in [3.8, 4) is 0 Å². The molecule has 1 amide bonds. The van der Waals surface area contributed by atoms with Crippen molar-refractivity contribution in [1.82, 2.24) is 4.90 Å². The number of nitrogens with zero attached hydrogens (tertiary/aromatic N) is 1. The maximum Gasteiger partial charge on any atom is 0.410 e. The molecule has 0 radical (unpaired) electrons. The smallest absolute Gasteiger partial charge is 0.410 e. The minimum Gasteiger partial charge on any atom is -0.444 e. The van der Waals surface area contributed by atoms with E-state index in [1.165, 1.54) is 0 Å². The first-order valence-electron chi connectivity index (χ1n) is 8.36. The van der Waals surface area contributed by atoms with Crippen LogP contribution in [0.3, 0.4) is 0 Å². The zero-order valence-corrected chi connectivity index (χ0v) is 15.4. The van der Waals surface area contributed by atoms with E-state index in [2.05, 4.69) is 0 Å². The molecule has 2 atom stereocenters. The van der Waals surface area contributed by atoms with E-state index < -0.39 is 15.7 Å². The quantitative estimate of drug-likeness (QED) is 0.734. The van der Waals surface area contributed by atoms with E-state index in [-0.39, 0.29) is 24.2 Å². The Balaban J connectivity index is 2.18. The lowest BCUT2D eigenvalue weighted by Gasteiger charge is -2.52. The number of piperidine rings is 1. The van der Waals surface area contributed by atoms with Crippen LogP contribution in [-0.4, -0.2) is 50.5 Å². The fourth-order valence-electron chi connectivity index (χ4n) is 3.83. The van der Waals surface area contributed by atoms with E-state index in [9.17, 15) is 13.2 Å². The molecule has 2 aliphatic rings. The fourth-order valence-corrected chi connectivity index (χ4v) is 4.28. The van der Waals surface area contributed by atoms with Crippen LogP contribution in [0.5, 0.6) is 0 Å². The van der Waals surface area contributed by atoms with Crippen molar-refractivity contribution in [1.29, 1.82) is 0 Å². The van der Waals surface area contributed by atoms with Gasteiger partial charge in [0.15, 0.2) is 0 Å². The van der Waals surface area contributed by atoms with E-state index in [1.54, 1.807) is 4.90 Å². The van der Waals surface area contributed by atoms with Crippen LogP contribution in [0, 0.1) is 5.41 Å². The van der Waals surface area contributed by atoms with Gasteiger partial charge in [-0.3, -0.25) is 4.18 Å². The van der Waals surface area contributed by atoms with Gasteiger partial charge in [-0.15, -0.1) is 0 Å². The fraction of sp³-hybridized carbons (Fsp3) is 0.938. The van der Waals surface area contributed by atoms with E-state index >= 15 is 0 Å². The van der Waals surface area contributed by atoms with E-state index in [0.717, 1.165) is 44.8 Å². The maximum atomic E-state index is 12.6. The Labute approximate surface area is 139 Å². The van der Waals surface area contributed by atoms with Gasteiger partial charge in [-0.25, -0.2) is 4.79 Å². The lowest BCUT2D eigenvalue weighted by atomic mass is 9.65. The highest BCUT2D eigenvalue weighted by molar-refractivity contribution is 7.85. The molecule has 0 N–H and O–H groups in total. The third kappa shape index (κ3) is 4.83. The molecule has 0 bridgehead atoms. The molecule has 0 aromatic carbocycles. The predicted octanol–water partition coefficient (Wildman–Crippen LogP) is 2.92. The lowest BCUT2D eigenvalue weighted by Crippen LogP contribution is -2.58. The number of rotatable bonds is 3. The van der Waals surface area contributed by atoms with Gasteiger partial charge in [0.25, 0.3) is 10.1 Å². The molecule has 2 rings (SSSR count). The van der Waals surface area contributed by atoms with Crippen molar-refractivity contribution in [2.24, 2.45) is 5.41 Å². The van der Waals surface area contributed by atoms with Crippen molar-refractivity contribution in [2.45, 2.75) is 70.9 Å². The summed E-state index contributed by atoms with van der Waals surface area (Å²) in [5.41, 5.74) is -0.800. The highest BCUT2D eigenvalue weighted by Gasteiger charge is 2.49.